The van der Waals surface area contributed by atoms with Crippen LogP contribution in [0.5, 0.6) is 0 Å². The molecular formula is C14H28N2OS. The van der Waals surface area contributed by atoms with E-state index in [-0.39, 0.29) is 0 Å². The highest BCUT2D eigenvalue weighted by Crippen LogP contribution is 2.33. The molecule has 0 saturated carbocycles. The summed E-state index contributed by atoms with van der Waals surface area (Å²) in [5, 5.41) is 3.74. The van der Waals surface area contributed by atoms with Crippen LogP contribution in [0.25, 0.3) is 0 Å². The molecule has 106 valence electrons. The topological polar surface area (TPSA) is 24.5 Å². The van der Waals surface area contributed by atoms with Crippen molar-refractivity contribution in [3.05, 3.63) is 0 Å². The van der Waals surface area contributed by atoms with E-state index in [9.17, 15) is 0 Å². The molecule has 1 atom stereocenters. The van der Waals surface area contributed by atoms with Crippen LogP contribution in [-0.2, 0) is 4.74 Å². The van der Waals surface area contributed by atoms with E-state index in [1.165, 1.54) is 37.4 Å². The van der Waals surface area contributed by atoms with E-state index in [0.29, 0.717) is 5.41 Å². The first-order chi connectivity index (χ1) is 8.66. The summed E-state index contributed by atoms with van der Waals surface area (Å²) in [5.41, 5.74) is 0.519. The summed E-state index contributed by atoms with van der Waals surface area (Å²) < 4.78 is 5.36. The van der Waals surface area contributed by atoms with Crippen LogP contribution in [0.15, 0.2) is 0 Å². The third kappa shape index (κ3) is 5.08. The van der Waals surface area contributed by atoms with Crippen molar-refractivity contribution in [2.24, 2.45) is 5.41 Å². The van der Waals surface area contributed by atoms with Gasteiger partial charge in [0.05, 0.1) is 13.2 Å². The average molecular weight is 272 g/mol. The molecule has 2 rings (SSSR count). The van der Waals surface area contributed by atoms with Gasteiger partial charge in [0.2, 0.25) is 0 Å². The Morgan fingerprint density at radius 2 is 2.11 bits per heavy atom. The summed E-state index contributed by atoms with van der Waals surface area (Å²) in [4.78, 5) is 2.52. The number of nitrogens with one attached hydrogen (secondary N) is 1. The minimum absolute atomic E-state index is 0.519. The number of hydrogen-bond acceptors (Lipinski definition) is 4. The Kier molecular flexibility index (Phi) is 5.80. The minimum Gasteiger partial charge on any atom is -0.379 e. The largest absolute Gasteiger partial charge is 0.379 e. The second-order valence-electron chi connectivity index (χ2n) is 6.34. The van der Waals surface area contributed by atoms with Crippen LogP contribution in [0.1, 0.15) is 26.7 Å². The van der Waals surface area contributed by atoms with Gasteiger partial charge in [-0.15, -0.1) is 0 Å². The Balaban J connectivity index is 1.54. The third-order valence-electron chi connectivity index (χ3n) is 3.80. The lowest BCUT2D eigenvalue weighted by Crippen LogP contribution is -2.42. The first kappa shape index (κ1) is 14.6. The van der Waals surface area contributed by atoms with Gasteiger partial charge in [0.15, 0.2) is 0 Å². The molecule has 2 saturated heterocycles. The number of thioether (sulfide) groups is 1. The predicted molar refractivity (Wildman–Crippen MR) is 79.4 cm³/mol. The molecule has 2 heterocycles. The minimum atomic E-state index is 0.519. The summed E-state index contributed by atoms with van der Waals surface area (Å²) in [6.45, 7) is 11.2. The predicted octanol–water partition coefficient (Wildman–Crippen LogP) is 1.83. The van der Waals surface area contributed by atoms with Gasteiger partial charge in [-0.25, -0.2) is 0 Å². The number of ether oxygens (including phenoxy) is 1. The van der Waals surface area contributed by atoms with Crippen LogP contribution in [0.4, 0.5) is 0 Å². The first-order valence-electron chi connectivity index (χ1n) is 7.27. The molecule has 2 fully saturated rings. The molecule has 18 heavy (non-hydrogen) atoms. The van der Waals surface area contributed by atoms with E-state index in [2.05, 4.69) is 35.8 Å². The van der Waals surface area contributed by atoms with Gasteiger partial charge in [0.25, 0.3) is 0 Å². The maximum absolute atomic E-state index is 5.36. The molecule has 4 heteroatoms. The number of morpholine rings is 1. The highest BCUT2D eigenvalue weighted by Gasteiger charge is 2.27. The molecule has 0 aromatic heterocycles. The summed E-state index contributed by atoms with van der Waals surface area (Å²) >= 11 is 2.11. The van der Waals surface area contributed by atoms with Gasteiger partial charge in [0, 0.05) is 24.9 Å². The SMILES string of the molecule is CC1(C)CSCC(NCCCN2CCOCC2)C1. The van der Waals surface area contributed by atoms with Crippen LogP contribution in [0.2, 0.25) is 0 Å². The Hall–Kier alpha value is 0.230. The monoisotopic (exact) mass is 272 g/mol. The Morgan fingerprint density at radius 3 is 2.83 bits per heavy atom. The number of nitrogens with zero attached hydrogens (tertiary/aromatic N) is 1. The van der Waals surface area contributed by atoms with Crippen LogP contribution >= 0.6 is 11.8 Å². The van der Waals surface area contributed by atoms with Crippen LogP contribution < -0.4 is 5.32 Å². The zero-order chi connectivity index (χ0) is 12.8. The molecule has 2 aliphatic rings. The quantitative estimate of drug-likeness (QED) is 0.772. The van der Waals surface area contributed by atoms with Crippen LogP contribution in [-0.4, -0.2) is 61.8 Å². The molecule has 1 N–H and O–H groups in total. The van der Waals surface area contributed by atoms with Gasteiger partial charge < -0.3 is 10.1 Å². The Morgan fingerprint density at radius 1 is 1.33 bits per heavy atom. The molecule has 0 bridgehead atoms. The Labute approximate surface area is 116 Å². The fourth-order valence-corrected chi connectivity index (χ4v) is 4.14. The van der Waals surface area contributed by atoms with Crippen molar-refractivity contribution in [1.82, 2.24) is 10.2 Å². The van der Waals surface area contributed by atoms with Crippen molar-refractivity contribution in [3.8, 4) is 0 Å². The number of rotatable bonds is 5. The van der Waals surface area contributed by atoms with E-state index >= 15 is 0 Å². The molecule has 0 aromatic carbocycles. The van der Waals surface area contributed by atoms with Gasteiger partial charge in [-0.2, -0.15) is 11.8 Å². The lowest BCUT2D eigenvalue weighted by atomic mass is 9.88. The fraction of sp³-hybridized carbons (Fsp3) is 1.00. The smallest absolute Gasteiger partial charge is 0.0594 e. The van der Waals surface area contributed by atoms with E-state index in [1.807, 2.05) is 0 Å². The van der Waals surface area contributed by atoms with Crippen LogP contribution in [0.3, 0.4) is 0 Å². The molecule has 0 aromatic rings. The van der Waals surface area contributed by atoms with Crippen molar-refractivity contribution in [2.75, 3.05) is 50.9 Å². The van der Waals surface area contributed by atoms with Gasteiger partial charge in [-0.05, 0) is 37.1 Å². The summed E-state index contributed by atoms with van der Waals surface area (Å²) in [6, 6.07) is 0.725. The molecular weight excluding hydrogens is 244 g/mol. The summed E-state index contributed by atoms with van der Waals surface area (Å²) in [7, 11) is 0. The van der Waals surface area contributed by atoms with Crippen LogP contribution in [0, 0.1) is 5.41 Å². The normalized spacial score (nSPS) is 29.3. The zero-order valence-electron chi connectivity index (χ0n) is 11.9. The van der Waals surface area contributed by atoms with Gasteiger partial charge in [-0.1, -0.05) is 13.8 Å². The van der Waals surface area contributed by atoms with E-state index in [0.717, 1.165) is 32.3 Å². The molecule has 3 nitrogen and oxygen atoms in total. The first-order valence-corrected chi connectivity index (χ1v) is 8.42. The highest BCUT2D eigenvalue weighted by atomic mass is 32.2. The standard InChI is InChI=1S/C14H28N2OS/c1-14(2)10-13(11-18-12-14)15-4-3-5-16-6-8-17-9-7-16/h13,15H,3-12H2,1-2H3. The molecule has 0 aliphatic carbocycles. The van der Waals surface area contributed by atoms with E-state index < -0.39 is 0 Å². The second kappa shape index (κ2) is 7.13. The third-order valence-corrected chi connectivity index (χ3v) is 5.42. The number of hydrogen-bond donors (Lipinski definition) is 1. The summed E-state index contributed by atoms with van der Waals surface area (Å²) in [6.07, 6.45) is 2.60. The maximum Gasteiger partial charge on any atom is 0.0594 e. The van der Waals surface area contributed by atoms with Gasteiger partial charge in [-0.3, -0.25) is 4.90 Å². The zero-order valence-corrected chi connectivity index (χ0v) is 12.7. The fourth-order valence-electron chi connectivity index (χ4n) is 2.83. The van der Waals surface area contributed by atoms with E-state index in [4.69, 9.17) is 4.74 Å². The Bertz CT molecular complexity index is 242. The van der Waals surface area contributed by atoms with Gasteiger partial charge >= 0.3 is 0 Å². The van der Waals surface area contributed by atoms with Crippen molar-refractivity contribution < 1.29 is 4.74 Å². The van der Waals surface area contributed by atoms with Crippen molar-refractivity contribution >= 4 is 11.8 Å². The van der Waals surface area contributed by atoms with Crippen molar-refractivity contribution in [1.29, 1.82) is 0 Å². The summed E-state index contributed by atoms with van der Waals surface area (Å²) in [5.74, 6) is 2.61. The molecule has 2 aliphatic heterocycles. The average Bonchev–Trinajstić information content (AvgIpc) is 2.35. The van der Waals surface area contributed by atoms with Crippen molar-refractivity contribution in [2.45, 2.75) is 32.7 Å². The molecule has 0 amide bonds. The maximum atomic E-state index is 5.36. The second-order valence-corrected chi connectivity index (χ2v) is 7.37. The molecule has 0 spiro atoms. The van der Waals surface area contributed by atoms with E-state index in [1.54, 1.807) is 0 Å². The highest BCUT2D eigenvalue weighted by molar-refractivity contribution is 7.99. The molecule has 0 radical (unpaired) electrons. The lowest BCUT2D eigenvalue weighted by molar-refractivity contribution is 0.0373. The lowest BCUT2D eigenvalue weighted by Gasteiger charge is -2.35. The van der Waals surface area contributed by atoms with Crippen molar-refractivity contribution in [3.63, 3.8) is 0 Å². The molecule has 1 unspecified atom stereocenters. The van der Waals surface area contributed by atoms with Gasteiger partial charge in [0.1, 0.15) is 0 Å².